The van der Waals surface area contributed by atoms with Crippen LogP contribution in [-0.2, 0) is 4.79 Å². The summed E-state index contributed by atoms with van der Waals surface area (Å²) < 4.78 is 6.65. The maximum absolute atomic E-state index is 11.9. The van der Waals surface area contributed by atoms with Gasteiger partial charge in [-0.3, -0.25) is 4.79 Å². The Labute approximate surface area is 145 Å². The number of anilines is 1. The summed E-state index contributed by atoms with van der Waals surface area (Å²) in [7, 11) is 0. The lowest BCUT2D eigenvalue weighted by Crippen LogP contribution is -2.20. The molecule has 0 aliphatic carbocycles. The highest BCUT2D eigenvalue weighted by Crippen LogP contribution is 2.21. The van der Waals surface area contributed by atoms with E-state index in [0.29, 0.717) is 11.7 Å². The molecule has 4 heteroatoms. The summed E-state index contributed by atoms with van der Waals surface area (Å²) in [6, 6.07) is 15.6. The highest BCUT2D eigenvalue weighted by molar-refractivity contribution is 14.1. The molecular formula is C18H20INO2. The van der Waals surface area contributed by atoms with E-state index in [1.54, 1.807) is 0 Å². The molecule has 1 N–H and O–H groups in total. The number of carbonyl (C=O) groups excluding carboxylic acids is 1. The van der Waals surface area contributed by atoms with E-state index in [9.17, 15) is 4.79 Å². The summed E-state index contributed by atoms with van der Waals surface area (Å²) in [5.41, 5.74) is 2.07. The van der Waals surface area contributed by atoms with Gasteiger partial charge in [0.2, 0.25) is 0 Å². The van der Waals surface area contributed by atoms with Gasteiger partial charge in [0.25, 0.3) is 5.91 Å². The van der Waals surface area contributed by atoms with E-state index in [1.165, 1.54) is 5.56 Å². The number of ether oxygens (including phenoxy) is 1. The van der Waals surface area contributed by atoms with E-state index in [-0.39, 0.29) is 12.5 Å². The van der Waals surface area contributed by atoms with Crippen molar-refractivity contribution in [2.75, 3.05) is 11.9 Å². The highest BCUT2D eigenvalue weighted by atomic mass is 127. The van der Waals surface area contributed by atoms with E-state index < -0.39 is 0 Å². The molecular weight excluding hydrogens is 389 g/mol. The summed E-state index contributed by atoms with van der Waals surface area (Å²) in [5, 5.41) is 2.81. The van der Waals surface area contributed by atoms with E-state index in [2.05, 4.69) is 53.9 Å². The zero-order chi connectivity index (χ0) is 15.9. The quantitative estimate of drug-likeness (QED) is 0.695. The topological polar surface area (TPSA) is 38.3 Å². The molecule has 0 fully saturated rings. The number of amides is 1. The van der Waals surface area contributed by atoms with Crippen molar-refractivity contribution in [3.05, 3.63) is 57.7 Å². The molecule has 0 unspecified atom stereocenters. The third kappa shape index (κ3) is 5.02. The summed E-state index contributed by atoms with van der Waals surface area (Å²) in [6.45, 7) is 4.38. The van der Waals surface area contributed by atoms with Gasteiger partial charge in [0.1, 0.15) is 5.75 Å². The molecule has 116 valence electrons. The van der Waals surface area contributed by atoms with Crippen LogP contribution in [0.2, 0.25) is 0 Å². The molecule has 2 aromatic carbocycles. The van der Waals surface area contributed by atoms with Crippen molar-refractivity contribution >= 4 is 34.2 Å². The van der Waals surface area contributed by atoms with Crippen LogP contribution in [0.5, 0.6) is 5.75 Å². The SMILES string of the molecule is CC[C@@H](C)c1ccc(OCC(=O)Nc2ccc(I)cc2)cc1. The molecule has 2 rings (SSSR count). The summed E-state index contributed by atoms with van der Waals surface area (Å²) >= 11 is 2.23. The molecule has 2 aromatic rings. The molecule has 22 heavy (non-hydrogen) atoms. The normalized spacial score (nSPS) is 11.8. The fourth-order valence-corrected chi connectivity index (χ4v) is 2.37. The number of hydrogen-bond acceptors (Lipinski definition) is 2. The second-order valence-electron chi connectivity index (χ2n) is 5.22. The number of carbonyl (C=O) groups is 1. The van der Waals surface area contributed by atoms with Crippen LogP contribution in [0, 0.1) is 3.57 Å². The maximum atomic E-state index is 11.9. The molecule has 0 aliphatic rings. The average molecular weight is 409 g/mol. The van der Waals surface area contributed by atoms with Crippen LogP contribution in [0.4, 0.5) is 5.69 Å². The Morgan fingerprint density at radius 1 is 1.14 bits per heavy atom. The minimum atomic E-state index is -0.160. The Morgan fingerprint density at radius 2 is 1.77 bits per heavy atom. The average Bonchev–Trinajstić information content (AvgIpc) is 2.55. The number of nitrogens with one attached hydrogen (secondary N) is 1. The monoisotopic (exact) mass is 409 g/mol. The highest BCUT2D eigenvalue weighted by Gasteiger charge is 2.05. The van der Waals surface area contributed by atoms with Gasteiger partial charge in [-0.05, 0) is 76.9 Å². The third-order valence-corrected chi connectivity index (χ3v) is 4.28. The Balaban J connectivity index is 1.84. The first kappa shape index (κ1) is 16.8. The van der Waals surface area contributed by atoms with Crippen molar-refractivity contribution in [1.29, 1.82) is 0 Å². The molecule has 0 aromatic heterocycles. The number of benzene rings is 2. The zero-order valence-electron chi connectivity index (χ0n) is 12.8. The predicted octanol–water partition coefficient (Wildman–Crippen LogP) is 4.82. The van der Waals surface area contributed by atoms with E-state index in [1.807, 2.05) is 36.4 Å². The Morgan fingerprint density at radius 3 is 2.36 bits per heavy atom. The third-order valence-electron chi connectivity index (χ3n) is 3.56. The van der Waals surface area contributed by atoms with E-state index in [4.69, 9.17) is 4.74 Å². The van der Waals surface area contributed by atoms with Gasteiger partial charge in [-0.2, -0.15) is 0 Å². The van der Waals surface area contributed by atoms with Gasteiger partial charge in [0.05, 0.1) is 0 Å². The van der Waals surface area contributed by atoms with Gasteiger partial charge in [-0.15, -0.1) is 0 Å². The fourth-order valence-electron chi connectivity index (χ4n) is 2.01. The van der Waals surface area contributed by atoms with Crippen LogP contribution in [-0.4, -0.2) is 12.5 Å². The molecule has 0 spiro atoms. The summed E-state index contributed by atoms with van der Waals surface area (Å²) in [6.07, 6.45) is 1.11. The Bertz CT molecular complexity index is 608. The number of halogens is 1. The molecule has 1 atom stereocenters. The molecule has 1 amide bonds. The van der Waals surface area contributed by atoms with Crippen LogP contribution < -0.4 is 10.1 Å². The zero-order valence-corrected chi connectivity index (χ0v) is 15.0. The van der Waals surface area contributed by atoms with Crippen molar-refractivity contribution in [2.24, 2.45) is 0 Å². The molecule has 0 bridgehead atoms. The molecule has 0 heterocycles. The van der Waals surface area contributed by atoms with Gasteiger partial charge in [0, 0.05) is 9.26 Å². The van der Waals surface area contributed by atoms with E-state index >= 15 is 0 Å². The lowest BCUT2D eigenvalue weighted by molar-refractivity contribution is -0.118. The fraction of sp³-hybridized carbons (Fsp3) is 0.278. The molecule has 0 aliphatic heterocycles. The van der Waals surface area contributed by atoms with Gasteiger partial charge in [0.15, 0.2) is 6.61 Å². The summed E-state index contributed by atoms with van der Waals surface area (Å²) in [4.78, 5) is 11.9. The van der Waals surface area contributed by atoms with Crippen molar-refractivity contribution < 1.29 is 9.53 Å². The minimum Gasteiger partial charge on any atom is -0.484 e. The Kier molecular flexibility index (Phi) is 6.24. The van der Waals surface area contributed by atoms with E-state index in [0.717, 1.165) is 15.7 Å². The number of hydrogen-bond donors (Lipinski definition) is 1. The van der Waals surface area contributed by atoms with Gasteiger partial charge < -0.3 is 10.1 Å². The molecule has 0 saturated carbocycles. The molecule has 3 nitrogen and oxygen atoms in total. The second-order valence-corrected chi connectivity index (χ2v) is 6.47. The lowest BCUT2D eigenvalue weighted by atomic mass is 9.99. The van der Waals surface area contributed by atoms with Crippen molar-refractivity contribution in [1.82, 2.24) is 0 Å². The van der Waals surface area contributed by atoms with Gasteiger partial charge in [-0.25, -0.2) is 0 Å². The van der Waals surface area contributed by atoms with Crippen LogP contribution in [0.3, 0.4) is 0 Å². The summed E-state index contributed by atoms with van der Waals surface area (Å²) in [5.74, 6) is 1.09. The first-order valence-corrected chi connectivity index (χ1v) is 8.44. The van der Waals surface area contributed by atoms with Crippen molar-refractivity contribution in [3.63, 3.8) is 0 Å². The van der Waals surface area contributed by atoms with Crippen LogP contribution in [0.25, 0.3) is 0 Å². The van der Waals surface area contributed by atoms with Crippen molar-refractivity contribution in [3.8, 4) is 5.75 Å². The van der Waals surface area contributed by atoms with Gasteiger partial charge in [-0.1, -0.05) is 26.0 Å². The van der Waals surface area contributed by atoms with Crippen LogP contribution in [0.15, 0.2) is 48.5 Å². The first-order chi connectivity index (χ1) is 10.6. The molecule has 0 saturated heterocycles. The largest absolute Gasteiger partial charge is 0.484 e. The standard InChI is InChI=1S/C18H20INO2/c1-3-13(2)14-4-10-17(11-5-14)22-12-18(21)20-16-8-6-15(19)7-9-16/h4-11,13H,3,12H2,1-2H3,(H,20,21)/t13-/m1/s1. The van der Waals surface area contributed by atoms with Crippen LogP contribution in [0.1, 0.15) is 31.7 Å². The second kappa shape index (κ2) is 8.17. The van der Waals surface area contributed by atoms with Gasteiger partial charge >= 0.3 is 0 Å². The Hall–Kier alpha value is -1.56. The lowest BCUT2D eigenvalue weighted by Gasteiger charge is -2.11. The first-order valence-electron chi connectivity index (χ1n) is 7.36. The van der Waals surface area contributed by atoms with Crippen LogP contribution >= 0.6 is 22.6 Å². The molecule has 0 radical (unpaired) electrons. The smallest absolute Gasteiger partial charge is 0.262 e. The minimum absolute atomic E-state index is 0.00860. The number of rotatable bonds is 6. The maximum Gasteiger partial charge on any atom is 0.262 e. The van der Waals surface area contributed by atoms with Crippen molar-refractivity contribution in [2.45, 2.75) is 26.2 Å². The predicted molar refractivity (Wildman–Crippen MR) is 98.4 cm³/mol.